The van der Waals surface area contributed by atoms with Gasteiger partial charge in [-0.25, -0.2) is 0 Å². The Morgan fingerprint density at radius 3 is 2.59 bits per heavy atom. The van der Waals surface area contributed by atoms with E-state index in [0.29, 0.717) is 18.2 Å². The first-order valence-corrected chi connectivity index (χ1v) is 12.6. The van der Waals surface area contributed by atoms with E-state index in [1.807, 2.05) is 0 Å². The highest BCUT2D eigenvalue weighted by Gasteiger charge is 2.48. The minimum absolute atomic E-state index is 0.106. The molecule has 29 heavy (non-hydrogen) atoms. The van der Waals surface area contributed by atoms with Crippen LogP contribution in [0.2, 0.25) is 0 Å². The largest absolute Gasteiger partial charge is 0.378 e. The van der Waals surface area contributed by atoms with Crippen molar-refractivity contribution in [3.63, 3.8) is 0 Å². The van der Waals surface area contributed by atoms with Gasteiger partial charge in [0.05, 0.1) is 43.6 Å². The first kappa shape index (κ1) is 20.7. The molecule has 0 aromatic carbocycles. The average Bonchev–Trinajstić information content (AvgIpc) is 3.09. The molecule has 166 valence electrons. The lowest BCUT2D eigenvalue weighted by atomic mass is 9.71. The van der Waals surface area contributed by atoms with Crippen LogP contribution in [0, 0.1) is 11.8 Å². The monoisotopic (exact) mass is 406 g/mol. The molecule has 0 radical (unpaired) electrons. The molecule has 0 amide bonds. The number of nitrogens with zero attached hydrogens (tertiary/aromatic N) is 1. The van der Waals surface area contributed by atoms with Gasteiger partial charge in [-0.3, -0.25) is 4.90 Å². The summed E-state index contributed by atoms with van der Waals surface area (Å²) in [5.74, 6) is 1.68. The van der Waals surface area contributed by atoms with Crippen LogP contribution in [0.1, 0.15) is 70.6 Å². The summed E-state index contributed by atoms with van der Waals surface area (Å²) in [5.41, 5.74) is 0.106. The summed E-state index contributed by atoms with van der Waals surface area (Å²) in [4.78, 5) is 2.69. The fraction of sp³-hybridized carbons (Fsp3) is 1.00. The maximum Gasteiger partial charge on any atom is 0.0665 e. The van der Waals surface area contributed by atoms with E-state index in [2.05, 4.69) is 10.2 Å². The number of morpholine rings is 1. The van der Waals surface area contributed by atoms with Crippen LogP contribution >= 0.6 is 0 Å². The van der Waals surface area contributed by atoms with E-state index in [9.17, 15) is 0 Å². The molecule has 4 atom stereocenters. The van der Waals surface area contributed by atoms with Crippen LogP contribution in [0.5, 0.6) is 0 Å². The summed E-state index contributed by atoms with van der Waals surface area (Å²) < 4.78 is 19.1. The minimum Gasteiger partial charge on any atom is -0.378 e. The average molecular weight is 407 g/mol. The highest BCUT2D eigenvalue weighted by Crippen LogP contribution is 2.41. The Labute approximate surface area is 177 Å². The van der Waals surface area contributed by atoms with Crippen molar-refractivity contribution < 1.29 is 14.2 Å². The van der Waals surface area contributed by atoms with Gasteiger partial charge in [-0.2, -0.15) is 0 Å². The van der Waals surface area contributed by atoms with Crippen molar-refractivity contribution in [1.82, 2.24) is 10.2 Å². The van der Waals surface area contributed by atoms with E-state index in [1.54, 1.807) is 0 Å². The van der Waals surface area contributed by atoms with Crippen LogP contribution in [0.3, 0.4) is 0 Å². The molecular weight excluding hydrogens is 364 g/mol. The van der Waals surface area contributed by atoms with E-state index in [4.69, 9.17) is 14.2 Å². The molecule has 6 fully saturated rings. The maximum absolute atomic E-state index is 6.61. The fourth-order valence-corrected chi connectivity index (χ4v) is 7.03. The Balaban J connectivity index is 1.28. The number of hydrogen-bond donors (Lipinski definition) is 1. The van der Waals surface area contributed by atoms with Gasteiger partial charge in [-0.1, -0.05) is 12.8 Å². The smallest absolute Gasteiger partial charge is 0.0665 e. The SMILES string of the molecule is C1CCN2CCC3(COCCN3)C2COC2CCC(CC2)C2CCCCC2OC1. The molecule has 4 unspecified atom stereocenters. The molecule has 2 aliphatic carbocycles. The lowest BCUT2D eigenvalue weighted by Gasteiger charge is -2.43. The van der Waals surface area contributed by atoms with Crippen LogP contribution in [-0.4, -0.2) is 74.8 Å². The molecule has 4 aliphatic heterocycles. The summed E-state index contributed by atoms with van der Waals surface area (Å²) in [7, 11) is 0. The van der Waals surface area contributed by atoms with Gasteiger partial charge >= 0.3 is 0 Å². The second-order valence-corrected chi connectivity index (χ2v) is 10.4. The Morgan fingerprint density at radius 2 is 1.72 bits per heavy atom. The molecule has 4 heterocycles. The molecule has 6 aliphatic rings. The normalized spacial score (nSPS) is 45.3. The molecule has 2 bridgehead atoms. The van der Waals surface area contributed by atoms with Gasteiger partial charge in [0.1, 0.15) is 0 Å². The van der Waals surface area contributed by atoms with Crippen LogP contribution in [0.25, 0.3) is 0 Å². The summed E-state index contributed by atoms with van der Waals surface area (Å²) in [5, 5.41) is 3.84. The molecular formula is C24H42N2O3. The lowest BCUT2D eigenvalue weighted by molar-refractivity contribution is -0.0627. The predicted molar refractivity (Wildman–Crippen MR) is 114 cm³/mol. The zero-order chi connectivity index (χ0) is 19.5. The molecule has 4 saturated heterocycles. The first-order valence-electron chi connectivity index (χ1n) is 12.6. The van der Waals surface area contributed by atoms with Gasteiger partial charge in [-0.15, -0.1) is 0 Å². The van der Waals surface area contributed by atoms with E-state index < -0.39 is 0 Å². The predicted octanol–water partition coefficient (Wildman–Crippen LogP) is 3.36. The van der Waals surface area contributed by atoms with Crippen molar-refractivity contribution >= 4 is 0 Å². The summed E-state index contributed by atoms with van der Waals surface area (Å²) >= 11 is 0. The topological polar surface area (TPSA) is 43.0 Å². The van der Waals surface area contributed by atoms with Crippen molar-refractivity contribution in [1.29, 1.82) is 0 Å². The number of ether oxygens (including phenoxy) is 3. The third kappa shape index (κ3) is 4.55. The van der Waals surface area contributed by atoms with Crippen LogP contribution in [0.15, 0.2) is 0 Å². The Kier molecular flexibility index (Phi) is 6.79. The highest BCUT2D eigenvalue weighted by atomic mass is 16.5. The lowest BCUT2D eigenvalue weighted by Crippen LogP contribution is -2.62. The Bertz CT molecular complexity index is 516. The molecule has 1 spiro atoms. The van der Waals surface area contributed by atoms with Gasteiger partial charge in [-0.05, 0) is 76.2 Å². The zero-order valence-corrected chi connectivity index (χ0v) is 18.3. The molecule has 6 rings (SSSR count). The van der Waals surface area contributed by atoms with E-state index in [-0.39, 0.29) is 5.54 Å². The van der Waals surface area contributed by atoms with E-state index >= 15 is 0 Å². The second-order valence-electron chi connectivity index (χ2n) is 10.4. The number of hydrogen-bond acceptors (Lipinski definition) is 5. The maximum atomic E-state index is 6.61. The summed E-state index contributed by atoms with van der Waals surface area (Å²) in [6.07, 6.45) is 15.3. The van der Waals surface area contributed by atoms with Gasteiger partial charge in [0.15, 0.2) is 0 Å². The molecule has 5 heteroatoms. The first-order chi connectivity index (χ1) is 14.3. The van der Waals surface area contributed by atoms with Crippen LogP contribution < -0.4 is 5.32 Å². The fourth-order valence-electron chi connectivity index (χ4n) is 7.03. The van der Waals surface area contributed by atoms with Crippen molar-refractivity contribution in [2.45, 2.75) is 94.4 Å². The number of nitrogens with one attached hydrogen (secondary N) is 1. The molecule has 2 saturated carbocycles. The molecule has 0 aromatic heterocycles. The number of fused-ring (bicyclic) bond motifs is 7. The van der Waals surface area contributed by atoms with Crippen LogP contribution in [-0.2, 0) is 14.2 Å². The third-order valence-corrected chi connectivity index (χ3v) is 8.75. The van der Waals surface area contributed by atoms with E-state index in [1.165, 1.54) is 83.7 Å². The minimum atomic E-state index is 0.106. The number of rotatable bonds is 0. The standard InChI is InChI=1S/C24H42N2O3/c1-2-6-22-21(5-1)19-7-9-20(10-8-19)29-17-23-24(18-27-16-12-25-24)11-14-26(23)13-3-4-15-28-22/h19-23,25H,1-18H2. The molecule has 1 N–H and O–H groups in total. The van der Waals surface area contributed by atoms with Crippen molar-refractivity contribution in [3.05, 3.63) is 0 Å². The zero-order valence-electron chi connectivity index (χ0n) is 18.3. The van der Waals surface area contributed by atoms with Gasteiger partial charge in [0.2, 0.25) is 0 Å². The Morgan fingerprint density at radius 1 is 0.828 bits per heavy atom. The quantitative estimate of drug-likeness (QED) is 0.668. The van der Waals surface area contributed by atoms with Gasteiger partial charge in [0.25, 0.3) is 0 Å². The third-order valence-electron chi connectivity index (χ3n) is 8.75. The van der Waals surface area contributed by atoms with Crippen LogP contribution in [0.4, 0.5) is 0 Å². The molecule has 0 aromatic rings. The Hall–Kier alpha value is -0.200. The second kappa shape index (κ2) is 9.52. The van der Waals surface area contributed by atoms with Gasteiger partial charge < -0.3 is 19.5 Å². The van der Waals surface area contributed by atoms with E-state index in [0.717, 1.165) is 44.8 Å². The van der Waals surface area contributed by atoms with Crippen molar-refractivity contribution in [3.8, 4) is 0 Å². The van der Waals surface area contributed by atoms with Crippen molar-refractivity contribution in [2.24, 2.45) is 11.8 Å². The van der Waals surface area contributed by atoms with Crippen molar-refractivity contribution in [2.75, 3.05) is 46.1 Å². The highest BCUT2D eigenvalue weighted by molar-refractivity contribution is 5.07. The molecule has 5 nitrogen and oxygen atoms in total. The van der Waals surface area contributed by atoms with Gasteiger partial charge in [0, 0.05) is 19.7 Å². The summed E-state index contributed by atoms with van der Waals surface area (Å²) in [6.45, 7) is 6.83. The summed E-state index contributed by atoms with van der Waals surface area (Å²) in [6, 6.07) is 0.453.